The molecule has 0 spiro atoms. The van der Waals surface area contributed by atoms with Crippen molar-refractivity contribution >= 4 is 33.4 Å². The van der Waals surface area contributed by atoms with Gasteiger partial charge in [0.2, 0.25) is 0 Å². The molecule has 1 N–H and O–H groups in total. The summed E-state index contributed by atoms with van der Waals surface area (Å²) in [5, 5.41) is 3.43. The van der Waals surface area contributed by atoms with Crippen LogP contribution in [-0.2, 0) is 0 Å². The predicted molar refractivity (Wildman–Crippen MR) is 89.1 cm³/mol. The summed E-state index contributed by atoms with van der Waals surface area (Å²) in [6.45, 7) is 4.01. The summed E-state index contributed by atoms with van der Waals surface area (Å²) >= 11 is 4.96. The van der Waals surface area contributed by atoms with E-state index in [2.05, 4.69) is 58.7 Å². The fourth-order valence-electron chi connectivity index (χ4n) is 2.01. The van der Waals surface area contributed by atoms with E-state index in [1.807, 2.05) is 6.92 Å². The third-order valence-corrected chi connectivity index (χ3v) is 4.61. The third kappa shape index (κ3) is 3.55. The van der Waals surface area contributed by atoms with E-state index in [0.717, 1.165) is 11.3 Å². The van der Waals surface area contributed by atoms with E-state index in [1.54, 1.807) is 17.8 Å². The predicted octanol–water partition coefficient (Wildman–Crippen LogP) is 5.79. The van der Waals surface area contributed by atoms with Crippen LogP contribution in [0.25, 0.3) is 0 Å². The van der Waals surface area contributed by atoms with Gasteiger partial charge in [0, 0.05) is 16.6 Å². The Morgan fingerprint density at radius 1 is 1.20 bits per heavy atom. The number of rotatable bonds is 4. The van der Waals surface area contributed by atoms with Gasteiger partial charge in [0.1, 0.15) is 5.82 Å². The Hall–Kier alpha value is -1.00. The van der Waals surface area contributed by atoms with Gasteiger partial charge in [-0.25, -0.2) is 4.39 Å². The molecule has 20 heavy (non-hydrogen) atoms. The molecule has 0 saturated heterocycles. The summed E-state index contributed by atoms with van der Waals surface area (Å²) < 4.78 is 13.9. The van der Waals surface area contributed by atoms with Gasteiger partial charge in [0.25, 0.3) is 0 Å². The third-order valence-electron chi connectivity index (χ3n) is 3.26. The normalized spacial score (nSPS) is 12.2. The second-order valence-electron chi connectivity index (χ2n) is 4.72. The van der Waals surface area contributed by atoms with Gasteiger partial charge in [-0.15, -0.1) is 11.8 Å². The maximum absolute atomic E-state index is 13.4. The van der Waals surface area contributed by atoms with E-state index < -0.39 is 0 Å². The number of anilines is 1. The SMILES string of the molecule is CSc1ccc(C(C)Nc2cc(Br)c(F)cc2C)cc1. The Kier molecular flexibility index (Phi) is 5.11. The molecule has 0 aliphatic carbocycles. The fourth-order valence-corrected chi connectivity index (χ4v) is 2.76. The largest absolute Gasteiger partial charge is 0.378 e. The minimum atomic E-state index is -0.231. The maximum atomic E-state index is 13.4. The van der Waals surface area contributed by atoms with E-state index in [-0.39, 0.29) is 11.9 Å². The summed E-state index contributed by atoms with van der Waals surface area (Å²) in [7, 11) is 0. The molecular formula is C16H17BrFNS. The summed E-state index contributed by atoms with van der Waals surface area (Å²) in [5.41, 5.74) is 3.06. The number of benzene rings is 2. The molecule has 0 aromatic heterocycles. The van der Waals surface area contributed by atoms with Crippen LogP contribution in [0, 0.1) is 12.7 Å². The Bertz CT molecular complexity index is 598. The molecule has 106 valence electrons. The van der Waals surface area contributed by atoms with Crippen LogP contribution in [0.3, 0.4) is 0 Å². The van der Waals surface area contributed by atoms with Gasteiger partial charge in [-0.2, -0.15) is 0 Å². The zero-order valence-electron chi connectivity index (χ0n) is 11.7. The van der Waals surface area contributed by atoms with Crippen molar-refractivity contribution < 1.29 is 4.39 Å². The number of hydrogen-bond donors (Lipinski definition) is 1. The van der Waals surface area contributed by atoms with E-state index >= 15 is 0 Å². The van der Waals surface area contributed by atoms with Gasteiger partial charge < -0.3 is 5.32 Å². The second kappa shape index (κ2) is 6.64. The highest BCUT2D eigenvalue weighted by molar-refractivity contribution is 9.10. The van der Waals surface area contributed by atoms with Crippen molar-refractivity contribution in [2.75, 3.05) is 11.6 Å². The molecule has 2 aromatic carbocycles. The molecule has 2 rings (SSSR count). The molecule has 0 fully saturated rings. The summed E-state index contributed by atoms with van der Waals surface area (Å²) in [5.74, 6) is -0.231. The molecule has 0 aliphatic rings. The van der Waals surface area contributed by atoms with E-state index in [4.69, 9.17) is 0 Å². The van der Waals surface area contributed by atoms with Crippen LogP contribution in [0.5, 0.6) is 0 Å². The molecule has 0 amide bonds. The highest BCUT2D eigenvalue weighted by Crippen LogP contribution is 2.28. The zero-order chi connectivity index (χ0) is 14.7. The van der Waals surface area contributed by atoms with Crippen LogP contribution < -0.4 is 5.32 Å². The lowest BCUT2D eigenvalue weighted by Gasteiger charge is -2.18. The number of aryl methyl sites for hydroxylation is 1. The molecule has 0 radical (unpaired) electrons. The molecule has 0 saturated carbocycles. The second-order valence-corrected chi connectivity index (χ2v) is 6.45. The summed E-state index contributed by atoms with van der Waals surface area (Å²) in [6, 6.07) is 12.0. The van der Waals surface area contributed by atoms with Crippen molar-refractivity contribution in [3.63, 3.8) is 0 Å². The Balaban J connectivity index is 2.18. The van der Waals surface area contributed by atoms with Gasteiger partial charge >= 0.3 is 0 Å². The van der Waals surface area contributed by atoms with Gasteiger partial charge in [-0.1, -0.05) is 12.1 Å². The van der Waals surface area contributed by atoms with E-state index in [9.17, 15) is 4.39 Å². The van der Waals surface area contributed by atoms with Crippen molar-refractivity contribution in [1.29, 1.82) is 0 Å². The molecule has 1 nitrogen and oxygen atoms in total. The topological polar surface area (TPSA) is 12.0 Å². The average molecular weight is 354 g/mol. The first-order valence-electron chi connectivity index (χ1n) is 6.37. The Morgan fingerprint density at radius 2 is 1.85 bits per heavy atom. The Labute approximate surface area is 132 Å². The van der Waals surface area contributed by atoms with Crippen molar-refractivity contribution in [3.05, 3.63) is 57.8 Å². The summed E-state index contributed by atoms with van der Waals surface area (Å²) in [6.07, 6.45) is 2.07. The maximum Gasteiger partial charge on any atom is 0.137 e. The standard InChI is InChI=1S/C16H17BrFNS/c1-10-8-15(18)14(17)9-16(10)19-11(2)12-4-6-13(20-3)7-5-12/h4-9,11,19H,1-3H3. The van der Waals surface area contributed by atoms with E-state index in [0.29, 0.717) is 4.47 Å². The van der Waals surface area contributed by atoms with Gasteiger partial charge in [-0.3, -0.25) is 0 Å². The van der Waals surface area contributed by atoms with E-state index in [1.165, 1.54) is 16.5 Å². The number of thioether (sulfide) groups is 1. The molecule has 1 unspecified atom stereocenters. The highest BCUT2D eigenvalue weighted by atomic mass is 79.9. The van der Waals surface area contributed by atoms with Crippen molar-refractivity contribution in [2.45, 2.75) is 24.8 Å². The van der Waals surface area contributed by atoms with Crippen molar-refractivity contribution in [1.82, 2.24) is 0 Å². The average Bonchev–Trinajstić information content (AvgIpc) is 2.44. The molecule has 0 bridgehead atoms. The van der Waals surface area contributed by atoms with Crippen LogP contribution in [0.15, 0.2) is 45.8 Å². The molecule has 1 atom stereocenters. The first-order valence-corrected chi connectivity index (χ1v) is 8.39. The summed E-state index contributed by atoms with van der Waals surface area (Å²) in [4.78, 5) is 1.25. The lowest BCUT2D eigenvalue weighted by Crippen LogP contribution is -2.08. The first kappa shape index (κ1) is 15.4. The minimum Gasteiger partial charge on any atom is -0.378 e. The lowest BCUT2D eigenvalue weighted by atomic mass is 10.1. The zero-order valence-corrected chi connectivity index (χ0v) is 14.1. The first-order chi connectivity index (χ1) is 9.51. The van der Waals surface area contributed by atoms with Crippen molar-refractivity contribution in [3.8, 4) is 0 Å². The molecule has 0 aliphatic heterocycles. The number of nitrogens with one attached hydrogen (secondary N) is 1. The minimum absolute atomic E-state index is 0.168. The molecule has 2 aromatic rings. The smallest absolute Gasteiger partial charge is 0.137 e. The van der Waals surface area contributed by atoms with Crippen LogP contribution >= 0.6 is 27.7 Å². The highest BCUT2D eigenvalue weighted by Gasteiger charge is 2.09. The molecular weight excluding hydrogens is 337 g/mol. The lowest BCUT2D eigenvalue weighted by molar-refractivity contribution is 0.620. The van der Waals surface area contributed by atoms with Crippen LogP contribution in [0.1, 0.15) is 24.1 Å². The number of halogens is 2. The monoisotopic (exact) mass is 353 g/mol. The molecule has 0 heterocycles. The van der Waals surface area contributed by atoms with Gasteiger partial charge in [0.05, 0.1) is 4.47 Å². The van der Waals surface area contributed by atoms with Gasteiger partial charge in [-0.05, 0) is 71.4 Å². The Morgan fingerprint density at radius 3 is 2.45 bits per heavy atom. The fraction of sp³-hybridized carbons (Fsp3) is 0.250. The molecule has 4 heteroatoms. The van der Waals surface area contributed by atoms with Crippen LogP contribution in [-0.4, -0.2) is 6.26 Å². The van der Waals surface area contributed by atoms with Gasteiger partial charge in [0.15, 0.2) is 0 Å². The van der Waals surface area contributed by atoms with Crippen molar-refractivity contribution in [2.24, 2.45) is 0 Å². The van der Waals surface area contributed by atoms with Crippen LogP contribution in [0.4, 0.5) is 10.1 Å². The number of hydrogen-bond acceptors (Lipinski definition) is 2. The van der Waals surface area contributed by atoms with Crippen LogP contribution in [0.2, 0.25) is 0 Å². The quantitative estimate of drug-likeness (QED) is 0.698.